The number of pyridine rings is 1. The number of halogens is 2. The summed E-state index contributed by atoms with van der Waals surface area (Å²) in [5, 5.41) is 7.37. The number of aromatic nitrogens is 1. The normalized spacial score (nSPS) is 14.4. The summed E-state index contributed by atoms with van der Waals surface area (Å²) in [6.45, 7) is 12.2. The van der Waals surface area contributed by atoms with Crippen molar-refractivity contribution < 1.29 is 4.39 Å². The molecule has 190 valence electrons. The number of anilines is 1. The Balaban J connectivity index is 0.000000322. The van der Waals surface area contributed by atoms with Crippen molar-refractivity contribution in [3.63, 3.8) is 0 Å². The standard InChI is InChI=1S/C14H13ClN4.C9H11F.C4H10.C2H6/c1-16-12-10-6-4-8-17-13(10)19-14(18-12)9-5-2-3-7-11(9)15;1-3-8-5-4-6-9(10)7(8)2;1-3-4-2;1-2/h2-8,14H,1H3,(H,16,18)(H,17,19);4-6H,3H2,1-2H3;3-4H2,1-2H3;1-2H3. The van der Waals surface area contributed by atoms with Gasteiger partial charge in [0.15, 0.2) is 0 Å². The average molecular weight is 499 g/mol. The smallest absolute Gasteiger partial charge is 0.138 e. The summed E-state index contributed by atoms with van der Waals surface area (Å²) < 4.78 is 12.8. The first-order chi connectivity index (χ1) is 17.0. The highest BCUT2D eigenvalue weighted by molar-refractivity contribution is 6.31. The lowest BCUT2D eigenvalue weighted by Gasteiger charge is -2.29. The van der Waals surface area contributed by atoms with Gasteiger partial charge >= 0.3 is 0 Å². The topological polar surface area (TPSA) is 49.3 Å². The highest BCUT2D eigenvalue weighted by Gasteiger charge is 2.24. The number of aryl methyl sites for hydroxylation is 1. The molecule has 0 fully saturated rings. The van der Waals surface area contributed by atoms with Crippen LogP contribution in [0.3, 0.4) is 0 Å². The Bertz CT molecular complexity index is 1050. The zero-order chi connectivity index (χ0) is 26.2. The van der Waals surface area contributed by atoms with Crippen LogP contribution in [0.4, 0.5) is 10.2 Å². The quantitative estimate of drug-likeness (QED) is 0.381. The van der Waals surface area contributed by atoms with Gasteiger partial charge in [0.05, 0.1) is 5.56 Å². The molecule has 2 N–H and O–H groups in total. The van der Waals surface area contributed by atoms with Gasteiger partial charge in [-0.15, -0.1) is 0 Å². The Labute approximate surface area is 216 Å². The molecule has 6 heteroatoms. The second kappa shape index (κ2) is 16.7. The van der Waals surface area contributed by atoms with Crippen LogP contribution in [0.1, 0.15) is 75.9 Å². The van der Waals surface area contributed by atoms with E-state index in [1.54, 1.807) is 19.3 Å². The molecule has 1 aliphatic heterocycles. The number of hydrogen-bond acceptors (Lipinski definition) is 3. The third kappa shape index (κ3) is 8.99. The lowest BCUT2D eigenvalue weighted by Crippen LogP contribution is -2.39. The van der Waals surface area contributed by atoms with Gasteiger partial charge in [-0.2, -0.15) is 0 Å². The lowest BCUT2D eigenvalue weighted by molar-refractivity contribution is 0.615. The van der Waals surface area contributed by atoms with Crippen LogP contribution in [0.5, 0.6) is 0 Å². The van der Waals surface area contributed by atoms with E-state index in [-0.39, 0.29) is 12.0 Å². The van der Waals surface area contributed by atoms with E-state index < -0.39 is 0 Å². The summed E-state index contributed by atoms with van der Waals surface area (Å²) in [4.78, 5) is 8.62. The van der Waals surface area contributed by atoms with Crippen LogP contribution in [-0.4, -0.2) is 17.9 Å². The number of hydrogen-bond donors (Lipinski definition) is 2. The Kier molecular flexibility index (Phi) is 14.3. The highest BCUT2D eigenvalue weighted by atomic mass is 35.5. The molecule has 2 aromatic carbocycles. The monoisotopic (exact) mass is 498 g/mol. The van der Waals surface area contributed by atoms with Crippen LogP contribution in [0.2, 0.25) is 5.02 Å². The number of aliphatic imine (C=N–C) groups is 1. The third-order valence-corrected chi connectivity index (χ3v) is 5.67. The van der Waals surface area contributed by atoms with Gasteiger partial charge in [-0.05, 0) is 48.7 Å². The number of rotatable bonds is 3. The van der Waals surface area contributed by atoms with Gasteiger partial charge in [0.1, 0.15) is 23.6 Å². The highest BCUT2D eigenvalue weighted by Crippen LogP contribution is 2.28. The summed E-state index contributed by atoms with van der Waals surface area (Å²) in [6, 6.07) is 16.8. The van der Waals surface area contributed by atoms with Crippen LogP contribution >= 0.6 is 11.6 Å². The van der Waals surface area contributed by atoms with Crippen molar-refractivity contribution in [1.82, 2.24) is 10.3 Å². The van der Waals surface area contributed by atoms with Crippen LogP contribution in [0.15, 0.2) is 65.8 Å². The maximum Gasteiger partial charge on any atom is 0.138 e. The molecule has 0 aliphatic carbocycles. The average Bonchev–Trinajstić information content (AvgIpc) is 2.91. The molecule has 0 saturated carbocycles. The molecular weight excluding hydrogens is 459 g/mol. The van der Waals surface area contributed by atoms with Crippen LogP contribution < -0.4 is 10.6 Å². The molecule has 1 unspecified atom stereocenters. The van der Waals surface area contributed by atoms with Crippen molar-refractivity contribution in [2.24, 2.45) is 4.99 Å². The fraction of sp³-hybridized carbons (Fsp3) is 0.379. The van der Waals surface area contributed by atoms with E-state index >= 15 is 0 Å². The van der Waals surface area contributed by atoms with E-state index in [9.17, 15) is 4.39 Å². The van der Waals surface area contributed by atoms with Crippen molar-refractivity contribution >= 4 is 23.3 Å². The third-order valence-electron chi connectivity index (χ3n) is 5.33. The van der Waals surface area contributed by atoms with Crippen molar-refractivity contribution in [1.29, 1.82) is 0 Å². The molecular formula is C29H40ClFN4. The molecule has 2 heterocycles. The van der Waals surface area contributed by atoms with Crippen molar-refractivity contribution in [3.8, 4) is 0 Å². The zero-order valence-corrected chi connectivity index (χ0v) is 22.9. The summed E-state index contributed by atoms with van der Waals surface area (Å²) in [6.07, 6.45) is 5.17. The van der Waals surface area contributed by atoms with Crippen LogP contribution in [0, 0.1) is 12.7 Å². The number of amidine groups is 1. The number of benzene rings is 2. The van der Waals surface area contributed by atoms with Gasteiger partial charge in [-0.1, -0.05) is 89.4 Å². The Morgan fingerprint density at radius 1 is 0.943 bits per heavy atom. The van der Waals surface area contributed by atoms with Gasteiger partial charge in [0.25, 0.3) is 0 Å². The Morgan fingerprint density at radius 2 is 1.63 bits per heavy atom. The van der Waals surface area contributed by atoms with Gasteiger partial charge < -0.3 is 10.6 Å². The van der Waals surface area contributed by atoms with Crippen LogP contribution in [0.25, 0.3) is 0 Å². The second-order valence-corrected chi connectivity index (χ2v) is 8.00. The summed E-state index contributed by atoms with van der Waals surface area (Å²) in [5.74, 6) is 1.53. The van der Waals surface area contributed by atoms with Crippen LogP contribution in [-0.2, 0) is 6.42 Å². The lowest BCUT2D eigenvalue weighted by atomic mass is 10.1. The summed E-state index contributed by atoms with van der Waals surface area (Å²) in [5.41, 5.74) is 3.82. The largest absolute Gasteiger partial charge is 0.346 e. The van der Waals surface area contributed by atoms with E-state index in [1.807, 2.05) is 70.2 Å². The first-order valence-corrected chi connectivity index (χ1v) is 12.8. The molecule has 0 saturated heterocycles. The molecule has 1 aliphatic rings. The van der Waals surface area contributed by atoms with Crippen molar-refractivity contribution in [3.05, 3.63) is 93.9 Å². The summed E-state index contributed by atoms with van der Waals surface area (Å²) >= 11 is 6.24. The van der Waals surface area contributed by atoms with E-state index in [0.29, 0.717) is 5.02 Å². The molecule has 0 bridgehead atoms. The minimum atomic E-state index is -0.130. The van der Waals surface area contributed by atoms with Gasteiger partial charge in [-0.3, -0.25) is 4.99 Å². The van der Waals surface area contributed by atoms with E-state index in [2.05, 4.69) is 34.5 Å². The molecule has 1 aromatic heterocycles. The maximum atomic E-state index is 12.8. The minimum absolute atomic E-state index is 0.0978. The molecule has 0 radical (unpaired) electrons. The first-order valence-electron chi connectivity index (χ1n) is 12.4. The minimum Gasteiger partial charge on any atom is -0.346 e. The molecule has 0 amide bonds. The SMILES string of the molecule is CC.CCCC.CCc1cccc(F)c1C.CN=C1NC(c2ccccc2Cl)Nc2ncccc21. The van der Waals surface area contributed by atoms with E-state index in [1.165, 1.54) is 18.9 Å². The maximum absolute atomic E-state index is 12.8. The molecule has 4 rings (SSSR count). The van der Waals surface area contributed by atoms with Gasteiger partial charge in [0.2, 0.25) is 0 Å². The van der Waals surface area contributed by atoms with Crippen molar-refractivity contribution in [2.45, 2.75) is 67.0 Å². The fourth-order valence-corrected chi connectivity index (χ4v) is 3.43. The molecule has 4 nitrogen and oxygen atoms in total. The molecule has 3 aromatic rings. The van der Waals surface area contributed by atoms with Crippen molar-refractivity contribution in [2.75, 3.05) is 12.4 Å². The molecule has 35 heavy (non-hydrogen) atoms. The number of nitrogens with one attached hydrogen (secondary N) is 2. The summed E-state index contributed by atoms with van der Waals surface area (Å²) in [7, 11) is 1.76. The first kappa shape index (κ1) is 30.1. The van der Waals surface area contributed by atoms with E-state index in [0.717, 1.165) is 40.3 Å². The fourth-order valence-electron chi connectivity index (χ4n) is 3.18. The predicted octanol–water partition coefficient (Wildman–Crippen LogP) is 8.35. The second-order valence-electron chi connectivity index (χ2n) is 7.59. The Hall–Kier alpha value is -2.92. The molecule has 0 spiro atoms. The number of fused-ring (bicyclic) bond motifs is 1. The predicted molar refractivity (Wildman–Crippen MR) is 150 cm³/mol. The van der Waals surface area contributed by atoms with Gasteiger partial charge in [0, 0.05) is 23.8 Å². The van der Waals surface area contributed by atoms with Gasteiger partial charge in [-0.25, -0.2) is 9.37 Å². The number of nitrogens with zero attached hydrogens (tertiary/aromatic N) is 2. The van der Waals surface area contributed by atoms with E-state index in [4.69, 9.17) is 11.6 Å². The number of unbranched alkanes of at least 4 members (excludes halogenated alkanes) is 1. The molecule has 1 atom stereocenters. The zero-order valence-electron chi connectivity index (χ0n) is 22.1. The Morgan fingerprint density at radius 3 is 2.20 bits per heavy atom.